The van der Waals surface area contributed by atoms with Crippen LogP contribution >= 0.6 is 0 Å². The van der Waals surface area contributed by atoms with E-state index in [0.717, 1.165) is 37.2 Å². The maximum atomic E-state index is 12.7. The average molecular weight is 391 g/mol. The van der Waals surface area contributed by atoms with Crippen molar-refractivity contribution in [2.75, 3.05) is 33.3 Å². The number of likely N-dealkylation sites (tertiary alicyclic amines) is 1. The van der Waals surface area contributed by atoms with Crippen LogP contribution in [0.5, 0.6) is 5.75 Å². The molecule has 1 aromatic heterocycles. The van der Waals surface area contributed by atoms with Crippen molar-refractivity contribution in [3.8, 4) is 5.75 Å². The van der Waals surface area contributed by atoms with Gasteiger partial charge in [0, 0.05) is 32.9 Å². The maximum Gasteiger partial charge on any atom is 0.270 e. The van der Waals surface area contributed by atoms with E-state index in [2.05, 4.69) is 4.98 Å². The SMILES string of the molecule is Cc1ccccc1OCCN(C)S(=O)(=O)c1c[nH]c(C(=O)N2CCCC2)c1. The monoisotopic (exact) mass is 391 g/mol. The Morgan fingerprint density at radius 1 is 1.26 bits per heavy atom. The first-order valence-electron chi connectivity index (χ1n) is 9.02. The molecule has 0 saturated carbocycles. The number of nitrogens with one attached hydrogen (secondary N) is 1. The largest absolute Gasteiger partial charge is 0.492 e. The van der Waals surface area contributed by atoms with E-state index in [-0.39, 0.29) is 24.0 Å². The summed E-state index contributed by atoms with van der Waals surface area (Å²) in [7, 11) is -2.18. The molecule has 27 heavy (non-hydrogen) atoms. The van der Waals surface area contributed by atoms with Gasteiger partial charge < -0.3 is 14.6 Å². The summed E-state index contributed by atoms with van der Waals surface area (Å²) in [6, 6.07) is 9.00. The van der Waals surface area contributed by atoms with Crippen LogP contribution in [0.2, 0.25) is 0 Å². The molecule has 3 rings (SSSR count). The van der Waals surface area contributed by atoms with Crippen LogP contribution in [-0.2, 0) is 10.0 Å². The van der Waals surface area contributed by atoms with E-state index in [1.165, 1.54) is 23.6 Å². The summed E-state index contributed by atoms with van der Waals surface area (Å²) in [5.74, 6) is 0.586. The quantitative estimate of drug-likeness (QED) is 0.785. The van der Waals surface area contributed by atoms with Crippen LogP contribution in [0.4, 0.5) is 0 Å². The lowest BCUT2D eigenvalue weighted by Crippen LogP contribution is -2.31. The highest BCUT2D eigenvalue weighted by Gasteiger charge is 2.26. The number of carbonyl (C=O) groups excluding carboxylic acids is 1. The summed E-state index contributed by atoms with van der Waals surface area (Å²) in [5.41, 5.74) is 1.30. The summed E-state index contributed by atoms with van der Waals surface area (Å²) < 4.78 is 32.4. The minimum Gasteiger partial charge on any atom is -0.492 e. The van der Waals surface area contributed by atoms with Crippen molar-refractivity contribution in [2.24, 2.45) is 0 Å². The number of hydrogen-bond acceptors (Lipinski definition) is 4. The van der Waals surface area contributed by atoms with Crippen LogP contribution in [0.3, 0.4) is 0 Å². The summed E-state index contributed by atoms with van der Waals surface area (Å²) >= 11 is 0. The van der Waals surface area contributed by atoms with Gasteiger partial charge in [0.25, 0.3) is 5.91 Å². The van der Waals surface area contributed by atoms with E-state index < -0.39 is 10.0 Å². The summed E-state index contributed by atoms with van der Waals surface area (Å²) in [6.07, 6.45) is 3.35. The number of hydrogen-bond donors (Lipinski definition) is 1. The van der Waals surface area contributed by atoms with E-state index in [1.807, 2.05) is 31.2 Å². The number of para-hydroxylation sites is 1. The second kappa shape index (κ2) is 8.14. The Bertz CT molecular complexity index is 901. The van der Waals surface area contributed by atoms with Gasteiger partial charge in [0.15, 0.2) is 0 Å². The number of aromatic amines is 1. The molecule has 1 N–H and O–H groups in total. The molecule has 0 bridgehead atoms. The van der Waals surface area contributed by atoms with Gasteiger partial charge in [0.05, 0.1) is 0 Å². The number of carbonyl (C=O) groups is 1. The first-order chi connectivity index (χ1) is 12.9. The zero-order valence-electron chi connectivity index (χ0n) is 15.6. The van der Waals surface area contributed by atoms with Gasteiger partial charge in [-0.05, 0) is 37.5 Å². The third-order valence-corrected chi connectivity index (χ3v) is 6.58. The van der Waals surface area contributed by atoms with Crippen LogP contribution in [0.15, 0.2) is 41.4 Å². The van der Waals surface area contributed by atoms with E-state index in [4.69, 9.17) is 4.74 Å². The van der Waals surface area contributed by atoms with E-state index in [9.17, 15) is 13.2 Å². The lowest BCUT2D eigenvalue weighted by atomic mass is 10.2. The van der Waals surface area contributed by atoms with Gasteiger partial charge in [-0.2, -0.15) is 4.31 Å². The fourth-order valence-corrected chi connectivity index (χ4v) is 4.19. The van der Waals surface area contributed by atoms with Gasteiger partial charge in [-0.3, -0.25) is 4.79 Å². The predicted molar refractivity (Wildman–Crippen MR) is 102 cm³/mol. The minimum atomic E-state index is -3.69. The van der Waals surface area contributed by atoms with Gasteiger partial charge >= 0.3 is 0 Å². The Labute approximate surface area is 160 Å². The first kappa shape index (κ1) is 19.4. The molecule has 1 fully saturated rings. The number of aromatic nitrogens is 1. The molecule has 0 spiro atoms. The van der Waals surface area contributed by atoms with Crippen molar-refractivity contribution in [1.29, 1.82) is 0 Å². The fraction of sp³-hybridized carbons (Fsp3) is 0.421. The molecule has 0 radical (unpaired) electrons. The molecular weight excluding hydrogens is 366 g/mol. The van der Waals surface area contributed by atoms with E-state index in [1.54, 1.807) is 4.90 Å². The fourth-order valence-electron chi connectivity index (χ4n) is 3.04. The zero-order valence-corrected chi connectivity index (χ0v) is 16.5. The number of amides is 1. The molecule has 0 atom stereocenters. The van der Waals surface area contributed by atoms with Crippen molar-refractivity contribution in [1.82, 2.24) is 14.2 Å². The highest BCUT2D eigenvalue weighted by atomic mass is 32.2. The van der Waals surface area contributed by atoms with Crippen LogP contribution in [-0.4, -0.2) is 61.8 Å². The molecule has 0 aliphatic carbocycles. The normalized spacial score (nSPS) is 14.7. The molecule has 2 heterocycles. The minimum absolute atomic E-state index is 0.0865. The second-order valence-corrected chi connectivity index (χ2v) is 8.73. The maximum absolute atomic E-state index is 12.7. The molecule has 2 aromatic rings. The molecular formula is C19H25N3O4S. The van der Waals surface area contributed by atoms with E-state index in [0.29, 0.717) is 5.69 Å². The second-order valence-electron chi connectivity index (χ2n) is 6.69. The Hall–Kier alpha value is -2.32. The number of likely N-dealkylation sites (N-methyl/N-ethyl adjacent to an activating group) is 1. The number of aryl methyl sites for hydroxylation is 1. The Kier molecular flexibility index (Phi) is 5.86. The Balaban J connectivity index is 1.61. The summed E-state index contributed by atoms with van der Waals surface area (Å²) in [6.45, 7) is 3.82. The van der Waals surface area contributed by atoms with Gasteiger partial charge in [-0.15, -0.1) is 0 Å². The zero-order chi connectivity index (χ0) is 19.4. The number of sulfonamides is 1. The number of nitrogens with zero attached hydrogens (tertiary/aromatic N) is 2. The molecule has 146 valence electrons. The van der Waals surface area contributed by atoms with Crippen LogP contribution in [0, 0.1) is 6.92 Å². The molecule has 8 heteroatoms. The Morgan fingerprint density at radius 2 is 1.96 bits per heavy atom. The van der Waals surface area contributed by atoms with Gasteiger partial charge in [0.1, 0.15) is 22.9 Å². The van der Waals surface area contributed by atoms with Gasteiger partial charge in [0.2, 0.25) is 10.0 Å². The van der Waals surface area contributed by atoms with Crippen LogP contribution in [0.1, 0.15) is 28.9 Å². The summed E-state index contributed by atoms with van der Waals surface area (Å²) in [5, 5.41) is 0. The first-order valence-corrected chi connectivity index (χ1v) is 10.5. The third-order valence-electron chi connectivity index (χ3n) is 4.75. The standard InChI is InChI=1S/C19H25N3O4S/c1-15-7-3-4-8-18(15)26-12-11-21(2)27(24,25)16-13-17(20-14-16)19(23)22-9-5-6-10-22/h3-4,7-8,13-14,20H,5-6,9-12H2,1-2H3. The van der Waals surface area contributed by atoms with Crippen LogP contribution in [0.25, 0.3) is 0 Å². The molecule has 0 unspecified atom stereocenters. The van der Waals surface area contributed by atoms with Gasteiger partial charge in [-0.25, -0.2) is 8.42 Å². The summed E-state index contributed by atoms with van der Waals surface area (Å²) in [4.78, 5) is 17.0. The lowest BCUT2D eigenvalue weighted by Gasteiger charge is -2.17. The van der Waals surface area contributed by atoms with Crippen LogP contribution < -0.4 is 4.74 Å². The number of ether oxygens (including phenoxy) is 1. The van der Waals surface area contributed by atoms with Crippen molar-refractivity contribution in [3.63, 3.8) is 0 Å². The molecule has 1 aliphatic rings. The average Bonchev–Trinajstić information content (AvgIpc) is 3.35. The number of H-pyrrole nitrogens is 1. The molecule has 1 aromatic carbocycles. The molecule has 1 amide bonds. The molecule has 7 nitrogen and oxygen atoms in total. The van der Waals surface area contributed by atoms with Crippen molar-refractivity contribution < 1.29 is 17.9 Å². The molecule has 1 saturated heterocycles. The Morgan fingerprint density at radius 3 is 2.67 bits per heavy atom. The van der Waals surface area contributed by atoms with Gasteiger partial charge in [-0.1, -0.05) is 18.2 Å². The predicted octanol–water partition coefficient (Wildman–Crippen LogP) is 2.26. The molecule has 1 aliphatic heterocycles. The smallest absolute Gasteiger partial charge is 0.270 e. The van der Waals surface area contributed by atoms with Crippen molar-refractivity contribution in [3.05, 3.63) is 47.8 Å². The number of benzene rings is 1. The number of rotatable bonds is 7. The lowest BCUT2D eigenvalue weighted by molar-refractivity contribution is 0.0787. The van der Waals surface area contributed by atoms with Crippen molar-refractivity contribution >= 4 is 15.9 Å². The highest BCUT2D eigenvalue weighted by molar-refractivity contribution is 7.89. The third kappa shape index (κ3) is 4.33. The van der Waals surface area contributed by atoms with E-state index >= 15 is 0 Å². The highest BCUT2D eigenvalue weighted by Crippen LogP contribution is 2.19. The van der Waals surface area contributed by atoms with Crippen molar-refractivity contribution in [2.45, 2.75) is 24.7 Å². The topological polar surface area (TPSA) is 82.7 Å².